The second-order valence-electron chi connectivity index (χ2n) is 4.60. The Morgan fingerprint density at radius 2 is 1.44 bits per heavy atom. The molecular formula is C16H34. The van der Waals surface area contributed by atoms with E-state index in [4.69, 9.17) is 0 Å². The van der Waals surface area contributed by atoms with E-state index in [1.807, 2.05) is 27.7 Å². The molecule has 0 N–H and O–H groups in total. The molecule has 1 unspecified atom stereocenters. The van der Waals surface area contributed by atoms with Crippen LogP contribution in [0.4, 0.5) is 0 Å². The summed E-state index contributed by atoms with van der Waals surface area (Å²) in [5, 5.41) is 0. The molecule has 1 fully saturated rings. The normalized spacial score (nSPS) is 21.2. The maximum Gasteiger partial charge on any atom is -0.0271 e. The molecule has 0 aromatic heterocycles. The second kappa shape index (κ2) is 12.5. The highest BCUT2D eigenvalue weighted by atomic mass is 14.3. The predicted octanol–water partition coefficient (Wildman–Crippen LogP) is 6.24. The van der Waals surface area contributed by atoms with Crippen LogP contribution in [0, 0.1) is 11.3 Å². The lowest BCUT2D eigenvalue weighted by Crippen LogP contribution is -2.22. The monoisotopic (exact) mass is 226 g/mol. The Morgan fingerprint density at radius 3 is 1.69 bits per heavy atom. The average Bonchev–Trinajstić information content (AvgIpc) is 2.23. The van der Waals surface area contributed by atoms with Gasteiger partial charge in [0, 0.05) is 0 Å². The molecule has 1 atom stereocenters. The fourth-order valence-corrected chi connectivity index (χ4v) is 2.33. The van der Waals surface area contributed by atoms with Gasteiger partial charge in [0.1, 0.15) is 0 Å². The molecule has 0 radical (unpaired) electrons. The van der Waals surface area contributed by atoms with Crippen LogP contribution in [0.25, 0.3) is 0 Å². The van der Waals surface area contributed by atoms with Crippen LogP contribution in [0.1, 0.15) is 67.7 Å². The summed E-state index contributed by atoms with van der Waals surface area (Å²) in [6.45, 7) is 25.1. The molecule has 1 aliphatic carbocycles. The Morgan fingerprint density at radius 1 is 1.06 bits per heavy atom. The van der Waals surface area contributed by atoms with E-state index in [2.05, 4.69) is 40.5 Å². The van der Waals surface area contributed by atoms with E-state index in [0.29, 0.717) is 5.41 Å². The molecule has 1 saturated carbocycles. The largest absolute Gasteiger partial charge is 0.106 e. The minimum Gasteiger partial charge on any atom is -0.106 e. The Hall–Kier alpha value is -0.520. The Labute approximate surface area is 105 Å². The SMILES string of the molecule is C=C.C=C1CC(C)CC(C)(C)C1.CC.CC. The topological polar surface area (TPSA) is 0 Å². The Bertz CT molecular complexity index is 153. The predicted molar refractivity (Wildman–Crippen MR) is 79.9 cm³/mol. The smallest absolute Gasteiger partial charge is 0.0271 e. The quantitative estimate of drug-likeness (QED) is 0.429. The highest BCUT2D eigenvalue weighted by Crippen LogP contribution is 2.40. The summed E-state index contributed by atoms with van der Waals surface area (Å²) >= 11 is 0. The first-order chi connectivity index (χ1) is 7.49. The van der Waals surface area contributed by atoms with E-state index in [1.54, 1.807) is 0 Å². The molecule has 0 aliphatic heterocycles. The lowest BCUT2D eigenvalue weighted by atomic mass is 9.71. The molecule has 98 valence electrons. The van der Waals surface area contributed by atoms with Gasteiger partial charge in [-0.1, -0.05) is 60.6 Å². The van der Waals surface area contributed by atoms with Crippen molar-refractivity contribution in [2.45, 2.75) is 67.7 Å². The van der Waals surface area contributed by atoms with E-state index >= 15 is 0 Å². The molecular weight excluding hydrogens is 192 g/mol. The highest BCUT2D eigenvalue weighted by molar-refractivity contribution is 5.03. The molecule has 0 aromatic carbocycles. The molecule has 0 heterocycles. The van der Waals surface area contributed by atoms with Crippen molar-refractivity contribution < 1.29 is 0 Å². The van der Waals surface area contributed by atoms with E-state index in [-0.39, 0.29) is 0 Å². The fourth-order valence-electron chi connectivity index (χ4n) is 2.33. The van der Waals surface area contributed by atoms with Gasteiger partial charge in [0.25, 0.3) is 0 Å². The lowest BCUT2D eigenvalue weighted by molar-refractivity contribution is 0.235. The van der Waals surface area contributed by atoms with Crippen LogP contribution in [-0.2, 0) is 0 Å². The summed E-state index contributed by atoms with van der Waals surface area (Å²) in [4.78, 5) is 0. The first-order valence-corrected chi connectivity index (χ1v) is 6.66. The third-order valence-corrected chi connectivity index (χ3v) is 2.27. The first-order valence-electron chi connectivity index (χ1n) is 6.66. The molecule has 0 nitrogen and oxygen atoms in total. The van der Waals surface area contributed by atoms with E-state index in [0.717, 1.165) is 5.92 Å². The molecule has 0 aromatic rings. The molecule has 0 bridgehead atoms. The summed E-state index contributed by atoms with van der Waals surface area (Å²) in [5.41, 5.74) is 1.97. The van der Waals surface area contributed by atoms with Gasteiger partial charge in [-0.2, -0.15) is 0 Å². The minimum atomic E-state index is 0.523. The molecule has 0 heteroatoms. The third kappa shape index (κ3) is 11.6. The zero-order valence-electron chi connectivity index (χ0n) is 12.8. The van der Waals surface area contributed by atoms with Crippen LogP contribution in [0.2, 0.25) is 0 Å². The van der Waals surface area contributed by atoms with Crippen molar-refractivity contribution in [3.8, 4) is 0 Å². The summed E-state index contributed by atoms with van der Waals surface area (Å²) in [5.74, 6) is 0.858. The van der Waals surface area contributed by atoms with Crippen LogP contribution >= 0.6 is 0 Å². The molecule has 1 aliphatic rings. The second-order valence-corrected chi connectivity index (χ2v) is 4.60. The number of hydrogen-bond acceptors (Lipinski definition) is 0. The maximum absolute atomic E-state index is 4.06. The molecule has 1 rings (SSSR count). The highest BCUT2D eigenvalue weighted by Gasteiger charge is 2.27. The summed E-state index contributed by atoms with van der Waals surface area (Å²) in [7, 11) is 0. The minimum absolute atomic E-state index is 0.523. The van der Waals surface area contributed by atoms with Gasteiger partial charge in [0.05, 0.1) is 0 Å². The van der Waals surface area contributed by atoms with E-state index in [1.165, 1.54) is 24.8 Å². The molecule has 0 saturated heterocycles. The van der Waals surface area contributed by atoms with Crippen molar-refractivity contribution in [1.29, 1.82) is 0 Å². The number of hydrogen-bond donors (Lipinski definition) is 0. The standard InChI is InChI=1S/C10H18.2C2H6.C2H4/c1-8-5-9(2)7-10(3,4)6-8;3*1-2/h9H,1,5-7H2,2-4H3;2*1-2H3;1-2H2. The van der Waals surface area contributed by atoms with Crippen molar-refractivity contribution in [2.24, 2.45) is 11.3 Å². The van der Waals surface area contributed by atoms with E-state index in [9.17, 15) is 0 Å². The Kier molecular flexibility index (Phi) is 16.3. The van der Waals surface area contributed by atoms with Crippen molar-refractivity contribution in [3.05, 3.63) is 25.3 Å². The van der Waals surface area contributed by atoms with Crippen LogP contribution in [-0.4, -0.2) is 0 Å². The van der Waals surface area contributed by atoms with Crippen LogP contribution in [0.15, 0.2) is 25.3 Å². The number of allylic oxidation sites excluding steroid dienone is 1. The van der Waals surface area contributed by atoms with Crippen molar-refractivity contribution >= 4 is 0 Å². The summed E-state index contributed by atoms with van der Waals surface area (Å²) < 4.78 is 0. The van der Waals surface area contributed by atoms with E-state index < -0.39 is 0 Å². The van der Waals surface area contributed by atoms with Crippen LogP contribution in [0.5, 0.6) is 0 Å². The molecule has 0 amide bonds. The average molecular weight is 226 g/mol. The lowest BCUT2D eigenvalue weighted by Gasteiger charge is -2.34. The van der Waals surface area contributed by atoms with Gasteiger partial charge in [0.15, 0.2) is 0 Å². The van der Waals surface area contributed by atoms with Crippen molar-refractivity contribution in [2.75, 3.05) is 0 Å². The third-order valence-electron chi connectivity index (χ3n) is 2.27. The Balaban J connectivity index is -0.000000245. The zero-order valence-corrected chi connectivity index (χ0v) is 12.8. The maximum atomic E-state index is 4.06. The van der Waals surface area contributed by atoms with Gasteiger partial charge < -0.3 is 0 Å². The van der Waals surface area contributed by atoms with Crippen molar-refractivity contribution in [3.63, 3.8) is 0 Å². The van der Waals surface area contributed by atoms with Crippen LogP contribution in [0.3, 0.4) is 0 Å². The van der Waals surface area contributed by atoms with Crippen LogP contribution < -0.4 is 0 Å². The van der Waals surface area contributed by atoms with Gasteiger partial charge in [-0.25, -0.2) is 0 Å². The fraction of sp³-hybridized carbons (Fsp3) is 0.750. The van der Waals surface area contributed by atoms with Crippen molar-refractivity contribution in [1.82, 2.24) is 0 Å². The number of rotatable bonds is 0. The van der Waals surface area contributed by atoms with Gasteiger partial charge in [0.2, 0.25) is 0 Å². The van der Waals surface area contributed by atoms with Gasteiger partial charge in [-0.3, -0.25) is 0 Å². The molecule has 0 spiro atoms. The summed E-state index contributed by atoms with van der Waals surface area (Å²) in [6, 6.07) is 0. The van der Waals surface area contributed by atoms with Gasteiger partial charge in [-0.05, 0) is 30.6 Å². The first kappa shape index (κ1) is 20.8. The zero-order chi connectivity index (χ0) is 13.8. The van der Waals surface area contributed by atoms with Gasteiger partial charge >= 0.3 is 0 Å². The molecule has 16 heavy (non-hydrogen) atoms. The van der Waals surface area contributed by atoms with Gasteiger partial charge in [-0.15, -0.1) is 13.2 Å². The summed E-state index contributed by atoms with van der Waals surface area (Å²) in [6.07, 6.45) is 3.85.